The van der Waals surface area contributed by atoms with Gasteiger partial charge in [-0.2, -0.15) is 0 Å². The monoisotopic (exact) mass is 337 g/mol. The van der Waals surface area contributed by atoms with Crippen molar-refractivity contribution in [2.24, 2.45) is 0 Å². The number of rotatable bonds is 6. The van der Waals surface area contributed by atoms with Gasteiger partial charge in [-0.3, -0.25) is 14.6 Å². The number of carbonyl (C=O) groups excluding carboxylic acids is 3. The quantitative estimate of drug-likeness (QED) is 0.744. The molecule has 0 radical (unpaired) electrons. The van der Waals surface area contributed by atoms with Gasteiger partial charge in [-0.15, -0.1) is 0 Å². The first-order valence-corrected chi connectivity index (χ1v) is 7.44. The van der Waals surface area contributed by atoms with Crippen molar-refractivity contribution in [1.29, 1.82) is 0 Å². The van der Waals surface area contributed by atoms with E-state index in [4.69, 9.17) is 4.74 Å². The third-order valence-electron chi connectivity index (χ3n) is 2.80. The number of pyridine rings is 1. The molecule has 0 spiro atoms. The van der Waals surface area contributed by atoms with E-state index in [1.54, 1.807) is 45.3 Å². The number of ether oxygens (including phenoxy) is 2. The summed E-state index contributed by atoms with van der Waals surface area (Å²) in [6.07, 6.45) is 2.69. The van der Waals surface area contributed by atoms with E-state index in [0.29, 0.717) is 0 Å². The first-order chi connectivity index (χ1) is 11.2. The molecule has 0 aliphatic rings. The average molecular weight is 337 g/mol. The van der Waals surface area contributed by atoms with Crippen molar-refractivity contribution in [1.82, 2.24) is 15.6 Å². The molecule has 8 heteroatoms. The Morgan fingerprint density at radius 3 is 2.54 bits per heavy atom. The van der Waals surface area contributed by atoms with E-state index in [0.717, 1.165) is 5.56 Å². The van der Waals surface area contributed by atoms with Gasteiger partial charge in [-0.25, -0.2) is 4.79 Å². The van der Waals surface area contributed by atoms with E-state index in [1.807, 2.05) is 0 Å². The second kappa shape index (κ2) is 8.85. The van der Waals surface area contributed by atoms with E-state index in [9.17, 15) is 14.4 Å². The lowest BCUT2D eigenvalue weighted by Crippen LogP contribution is -2.50. The molecule has 8 nitrogen and oxygen atoms in total. The fourth-order valence-electron chi connectivity index (χ4n) is 1.77. The van der Waals surface area contributed by atoms with Crippen LogP contribution in [0.5, 0.6) is 0 Å². The second-order valence-electron chi connectivity index (χ2n) is 6.06. The molecule has 0 aliphatic heterocycles. The molecule has 1 aromatic heterocycles. The van der Waals surface area contributed by atoms with Crippen molar-refractivity contribution < 1.29 is 23.9 Å². The lowest BCUT2D eigenvalue weighted by molar-refractivity contribution is -0.141. The zero-order valence-corrected chi connectivity index (χ0v) is 14.3. The molecule has 2 N–H and O–H groups in total. The molecule has 0 bridgehead atoms. The summed E-state index contributed by atoms with van der Waals surface area (Å²) < 4.78 is 9.64. The number of aromatic nitrogens is 1. The van der Waals surface area contributed by atoms with Crippen molar-refractivity contribution in [3.05, 3.63) is 30.1 Å². The van der Waals surface area contributed by atoms with Crippen molar-refractivity contribution in [2.75, 3.05) is 13.7 Å². The van der Waals surface area contributed by atoms with Crippen LogP contribution < -0.4 is 10.6 Å². The van der Waals surface area contributed by atoms with Gasteiger partial charge in [-0.1, -0.05) is 6.07 Å². The molecular formula is C16H23N3O5. The van der Waals surface area contributed by atoms with E-state index in [1.165, 1.54) is 7.11 Å². The molecule has 0 saturated heterocycles. The average Bonchev–Trinajstić information content (AvgIpc) is 2.50. The molecule has 1 unspecified atom stereocenters. The van der Waals surface area contributed by atoms with E-state index < -0.39 is 29.6 Å². The topological polar surface area (TPSA) is 107 Å². The summed E-state index contributed by atoms with van der Waals surface area (Å²) in [5, 5.41) is 4.93. The zero-order valence-electron chi connectivity index (χ0n) is 14.3. The lowest BCUT2D eigenvalue weighted by Gasteiger charge is -2.23. The summed E-state index contributed by atoms with van der Waals surface area (Å²) in [7, 11) is 1.22. The van der Waals surface area contributed by atoms with Crippen LogP contribution in [0.25, 0.3) is 0 Å². The lowest BCUT2D eigenvalue weighted by atomic mass is 10.1. The van der Waals surface area contributed by atoms with Gasteiger partial charge in [0.15, 0.2) is 0 Å². The summed E-state index contributed by atoms with van der Waals surface area (Å²) in [6, 6.07) is 2.60. The van der Waals surface area contributed by atoms with Crippen LogP contribution in [-0.2, 0) is 25.5 Å². The second-order valence-corrected chi connectivity index (χ2v) is 6.06. The molecule has 1 aromatic rings. The number of alkyl carbamates (subject to hydrolysis) is 1. The SMILES string of the molecule is COC(=O)CNC(=O)C(Cc1cccnc1)NC(=O)OC(C)(C)C. The largest absolute Gasteiger partial charge is 0.468 e. The highest BCUT2D eigenvalue weighted by Gasteiger charge is 2.25. The number of methoxy groups -OCH3 is 1. The Bertz CT molecular complexity index is 569. The Morgan fingerprint density at radius 2 is 2.00 bits per heavy atom. The third-order valence-corrected chi connectivity index (χ3v) is 2.80. The van der Waals surface area contributed by atoms with Crippen molar-refractivity contribution in [2.45, 2.75) is 38.8 Å². The number of hydrogen-bond donors (Lipinski definition) is 2. The Morgan fingerprint density at radius 1 is 1.29 bits per heavy atom. The Kier molecular flexibility index (Phi) is 7.16. The van der Waals surface area contributed by atoms with Crippen LogP contribution in [-0.4, -0.2) is 48.3 Å². The third kappa shape index (κ3) is 7.57. The maximum Gasteiger partial charge on any atom is 0.408 e. The number of esters is 1. The zero-order chi connectivity index (χ0) is 18.2. The molecule has 132 valence electrons. The summed E-state index contributed by atoms with van der Waals surface area (Å²) >= 11 is 0. The molecule has 2 amide bonds. The molecule has 1 heterocycles. The standard InChI is InChI=1S/C16H23N3O5/c1-16(2,3)24-15(22)19-12(8-11-6-5-7-17-9-11)14(21)18-10-13(20)23-4/h5-7,9,12H,8,10H2,1-4H3,(H,18,21)(H,19,22). The van der Waals surface area contributed by atoms with Crippen LogP contribution in [0.15, 0.2) is 24.5 Å². The van der Waals surface area contributed by atoms with E-state index >= 15 is 0 Å². The first kappa shape index (κ1) is 19.4. The predicted octanol–water partition coefficient (Wildman–Crippen LogP) is 0.807. The van der Waals surface area contributed by atoms with Crippen LogP contribution in [0.4, 0.5) is 4.79 Å². The normalized spacial score (nSPS) is 12.0. The molecule has 24 heavy (non-hydrogen) atoms. The maximum atomic E-state index is 12.3. The van der Waals surface area contributed by atoms with Crippen LogP contribution >= 0.6 is 0 Å². The molecule has 1 rings (SSSR count). The molecule has 0 fully saturated rings. The molecule has 0 aliphatic carbocycles. The minimum atomic E-state index is -0.909. The molecular weight excluding hydrogens is 314 g/mol. The van der Waals surface area contributed by atoms with Gasteiger partial charge in [-0.05, 0) is 32.4 Å². The van der Waals surface area contributed by atoms with Crippen molar-refractivity contribution >= 4 is 18.0 Å². The summed E-state index contributed by atoms with van der Waals surface area (Å²) in [6.45, 7) is 4.88. The minimum Gasteiger partial charge on any atom is -0.468 e. The van der Waals surface area contributed by atoms with Gasteiger partial charge in [0.25, 0.3) is 0 Å². The van der Waals surface area contributed by atoms with Crippen LogP contribution in [0.2, 0.25) is 0 Å². The van der Waals surface area contributed by atoms with Gasteiger partial charge < -0.3 is 20.1 Å². The van der Waals surface area contributed by atoms with E-state index in [2.05, 4.69) is 20.4 Å². The van der Waals surface area contributed by atoms with Gasteiger partial charge in [0, 0.05) is 18.8 Å². The highest BCUT2D eigenvalue weighted by atomic mass is 16.6. The van der Waals surface area contributed by atoms with Gasteiger partial charge in [0.1, 0.15) is 18.2 Å². The molecule has 1 atom stereocenters. The van der Waals surface area contributed by atoms with Crippen molar-refractivity contribution in [3.8, 4) is 0 Å². The summed E-state index contributed by atoms with van der Waals surface area (Å²) in [5.74, 6) is -1.10. The Hall–Kier alpha value is -2.64. The highest BCUT2D eigenvalue weighted by Crippen LogP contribution is 2.08. The van der Waals surface area contributed by atoms with Gasteiger partial charge in [0.05, 0.1) is 7.11 Å². The number of nitrogens with zero attached hydrogens (tertiary/aromatic N) is 1. The Balaban J connectivity index is 2.76. The minimum absolute atomic E-state index is 0.208. The van der Waals surface area contributed by atoms with Gasteiger partial charge in [0.2, 0.25) is 5.91 Å². The summed E-state index contributed by atoms with van der Waals surface area (Å²) in [4.78, 5) is 39.3. The maximum absolute atomic E-state index is 12.3. The fourth-order valence-corrected chi connectivity index (χ4v) is 1.77. The Labute approximate surface area is 140 Å². The number of carbonyl (C=O) groups is 3. The predicted molar refractivity (Wildman–Crippen MR) is 86.1 cm³/mol. The highest BCUT2D eigenvalue weighted by molar-refractivity contribution is 5.88. The van der Waals surface area contributed by atoms with Crippen molar-refractivity contribution in [3.63, 3.8) is 0 Å². The van der Waals surface area contributed by atoms with E-state index in [-0.39, 0.29) is 13.0 Å². The first-order valence-electron chi connectivity index (χ1n) is 7.44. The summed E-state index contributed by atoms with van der Waals surface area (Å²) in [5.41, 5.74) is 0.0672. The van der Waals surface area contributed by atoms with Crippen LogP contribution in [0.1, 0.15) is 26.3 Å². The fraction of sp³-hybridized carbons (Fsp3) is 0.500. The van der Waals surface area contributed by atoms with Gasteiger partial charge >= 0.3 is 12.1 Å². The van der Waals surface area contributed by atoms with Crippen LogP contribution in [0.3, 0.4) is 0 Å². The molecule has 0 saturated carbocycles. The molecule has 0 aromatic carbocycles. The van der Waals surface area contributed by atoms with Crippen LogP contribution in [0, 0.1) is 0 Å². The number of nitrogens with one attached hydrogen (secondary N) is 2. The smallest absolute Gasteiger partial charge is 0.408 e. The number of hydrogen-bond acceptors (Lipinski definition) is 6. The number of amides is 2.